The predicted molar refractivity (Wildman–Crippen MR) is 84.6 cm³/mol. The van der Waals surface area contributed by atoms with Crippen molar-refractivity contribution in [2.75, 3.05) is 13.2 Å². The lowest BCUT2D eigenvalue weighted by atomic mass is 10.1. The smallest absolute Gasteiger partial charge is 0.227 e. The third-order valence-electron chi connectivity index (χ3n) is 3.98. The molecule has 0 saturated carbocycles. The number of aryl methyl sites for hydroxylation is 1. The normalized spacial score (nSPS) is 21.4. The first-order chi connectivity index (χ1) is 11.1. The van der Waals surface area contributed by atoms with Gasteiger partial charge in [-0.05, 0) is 13.8 Å². The third-order valence-corrected chi connectivity index (χ3v) is 3.98. The van der Waals surface area contributed by atoms with E-state index in [-0.39, 0.29) is 18.1 Å². The molecule has 2 heterocycles. The minimum absolute atomic E-state index is 0.0863. The molecule has 6 nitrogen and oxygen atoms in total. The second kappa shape index (κ2) is 6.91. The predicted octanol–water partition coefficient (Wildman–Crippen LogP) is 2.31. The Labute approximate surface area is 135 Å². The van der Waals surface area contributed by atoms with Gasteiger partial charge in [-0.15, -0.1) is 0 Å². The summed E-state index contributed by atoms with van der Waals surface area (Å²) < 4.78 is 10.8. The summed E-state index contributed by atoms with van der Waals surface area (Å²) in [6.45, 7) is 5.21. The Bertz CT molecular complexity index is 656. The summed E-state index contributed by atoms with van der Waals surface area (Å²) in [6, 6.07) is 9.76. The standard InChI is InChI=1S/C17H21N3O3/c1-12-11-22-13(2)10-20(12)16(21)9-8-15-18-17(19-23-15)14-6-4-3-5-7-14/h3-7,12-13H,8-11H2,1-2H3/t12-,13+/m0/s1. The first-order valence-electron chi connectivity index (χ1n) is 7.92. The molecule has 0 spiro atoms. The van der Waals surface area contributed by atoms with Crippen LogP contribution in [0.15, 0.2) is 34.9 Å². The number of carbonyl (C=O) groups excluding carboxylic acids is 1. The summed E-state index contributed by atoms with van der Waals surface area (Å²) in [4.78, 5) is 18.6. The van der Waals surface area contributed by atoms with Gasteiger partial charge in [-0.1, -0.05) is 35.5 Å². The van der Waals surface area contributed by atoms with Crippen LogP contribution in [-0.2, 0) is 16.0 Å². The van der Waals surface area contributed by atoms with E-state index in [1.54, 1.807) is 0 Å². The van der Waals surface area contributed by atoms with Gasteiger partial charge in [0.05, 0.1) is 18.8 Å². The third kappa shape index (κ3) is 3.76. The van der Waals surface area contributed by atoms with Crippen LogP contribution in [0.5, 0.6) is 0 Å². The highest BCUT2D eigenvalue weighted by Gasteiger charge is 2.27. The van der Waals surface area contributed by atoms with Crippen LogP contribution in [0.2, 0.25) is 0 Å². The molecule has 0 unspecified atom stereocenters. The summed E-state index contributed by atoms with van der Waals surface area (Å²) in [7, 11) is 0. The molecule has 1 aliphatic rings. The van der Waals surface area contributed by atoms with Gasteiger partial charge >= 0.3 is 0 Å². The van der Waals surface area contributed by atoms with Crippen LogP contribution < -0.4 is 0 Å². The van der Waals surface area contributed by atoms with Crippen molar-refractivity contribution in [3.63, 3.8) is 0 Å². The number of hydrogen-bond donors (Lipinski definition) is 0. The van der Waals surface area contributed by atoms with Gasteiger partial charge in [0.2, 0.25) is 17.6 Å². The molecule has 0 bridgehead atoms. The monoisotopic (exact) mass is 315 g/mol. The van der Waals surface area contributed by atoms with Crippen molar-refractivity contribution >= 4 is 5.91 Å². The largest absolute Gasteiger partial charge is 0.375 e. The van der Waals surface area contributed by atoms with E-state index in [1.807, 2.05) is 49.1 Å². The molecule has 122 valence electrons. The zero-order chi connectivity index (χ0) is 16.2. The van der Waals surface area contributed by atoms with Crippen molar-refractivity contribution in [2.45, 2.75) is 38.8 Å². The lowest BCUT2D eigenvalue weighted by Gasteiger charge is -2.36. The van der Waals surface area contributed by atoms with Crippen molar-refractivity contribution < 1.29 is 14.1 Å². The van der Waals surface area contributed by atoms with Gasteiger partial charge in [0.1, 0.15) is 0 Å². The Balaban J connectivity index is 1.58. The van der Waals surface area contributed by atoms with E-state index in [0.717, 1.165) is 5.56 Å². The second-order valence-electron chi connectivity index (χ2n) is 5.92. The van der Waals surface area contributed by atoms with E-state index in [9.17, 15) is 4.79 Å². The quantitative estimate of drug-likeness (QED) is 0.866. The molecular formula is C17H21N3O3. The van der Waals surface area contributed by atoms with Crippen LogP contribution in [0.25, 0.3) is 11.4 Å². The van der Waals surface area contributed by atoms with Gasteiger partial charge in [0, 0.05) is 24.9 Å². The molecule has 1 amide bonds. The van der Waals surface area contributed by atoms with E-state index in [2.05, 4.69) is 10.1 Å². The van der Waals surface area contributed by atoms with Gasteiger partial charge in [0.25, 0.3) is 0 Å². The molecule has 1 aliphatic heterocycles. The molecule has 1 saturated heterocycles. The number of rotatable bonds is 4. The van der Waals surface area contributed by atoms with Crippen molar-refractivity contribution in [3.8, 4) is 11.4 Å². The van der Waals surface area contributed by atoms with E-state index in [0.29, 0.717) is 37.7 Å². The maximum absolute atomic E-state index is 12.4. The number of carbonyl (C=O) groups is 1. The average Bonchev–Trinajstić information content (AvgIpc) is 3.05. The van der Waals surface area contributed by atoms with Gasteiger partial charge < -0.3 is 14.2 Å². The van der Waals surface area contributed by atoms with Crippen molar-refractivity contribution in [3.05, 3.63) is 36.2 Å². The summed E-state index contributed by atoms with van der Waals surface area (Å²) in [5.74, 6) is 1.15. The molecule has 23 heavy (non-hydrogen) atoms. The lowest BCUT2D eigenvalue weighted by molar-refractivity contribution is -0.143. The Hall–Kier alpha value is -2.21. The van der Waals surface area contributed by atoms with Crippen LogP contribution in [0.1, 0.15) is 26.2 Å². The Morgan fingerprint density at radius 1 is 1.30 bits per heavy atom. The molecule has 0 N–H and O–H groups in total. The van der Waals surface area contributed by atoms with Gasteiger partial charge in [-0.25, -0.2) is 0 Å². The topological polar surface area (TPSA) is 68.5 Å². The minimum Gasteiger partial charge on any atom is -0.375 e. The fourth-order valence-corrected chi connectivity index (χ4v) is 2.67. The van der Waals surface area contributed by atoms with Gasteiger partial charge in [-0.2, -0.15) is 4.98 Å². The first kappa shape index (κ1) is 15.7. The molecular weight excluding hydrogens is 294 g/mol. The van der Waals surface area contributed by atoms with Crippen LogP contribution >= 0.6 is 0 Å². The zero-order valence-corrected chi connectivity index (χ0v) is 13.4. The van der Waals surface area contributed by atoms with Crippen molar-refractivity contribution in [1.29, 1.82) is 0 Å². The van der Waals surface area contributed by atoms with Gasteiger partial charge in [0.15, 0.2) is 0 Å². The first-order valence-corrected chi connectivity index (χ1v) is 7.92. The lowest BCUT2D eigenvalue weighted by Crippen LogP contribution is -2.50. The minimum atomic E-state index is 0.0863. The van der Waals surface area contributed by atoms with Gasteiger partial charge in [-0.3, -0.25) is 4.79 Å². The molecule has 1 aromatic carbocycles. The number of ether oxygens (including phenoxy) is 1. The average molecular weight is 315 g/mol. The summed E-state index contributed by atoms with van der Waals surface area (Å²) >= 11 is 0. The molecule has 1 aromatic heterocycles. The second-order valence-corrected chi connectivity index (χ2v) is 5.92. The van der Waals surface area contributed by atoms with E-state index in [1.165, 1.54) is 0 Å². The highest BCUT2D eigenvalue weighted by molar-refractivity contribution is 5.76. The molecule has 1 fully saturated rings. The number of morpholine rings is 1. The van der Waals surface area contributed by atoms with Crippen molar-refractivity contribution in [1.82, 2.24) is 15.0 Å². The summed E-state index contributed by atoms with van der Waals surface area (Å²) in [5.41, 5.74) is 0.907. The summed E-state index contributed by atoms with van der Waals surface area (Å²) in [6.07, 6.45) is 0.910. The zero-order valence-electron chi connectivity index (χ0n) is 13.4. The Morgan fingerprint density at radius 3 is 2.87 bits per heavy atom. The van der Waals surface area contributed by atoms with E-state index < -0.39 is 0 Å². The fraction of sp³-hybridized carbons (Fsp3) is 0.471. The molecule has 2 aromatic rings. The molecule has 3 rings (SSSR count). The highest BCUT2D eigenvalue weighted by atomic mass is 16.5. The fourth-order valence-electron chi connectivity index (χ4n) is 2.67. The Kier molecular flexibility index (Phi) is 4.71. The number of benzene rings is 1. The van der Waals surface area contributed by atoms with E-state index >= 15 is 0 Å². The molecule has 0 radical (unpaired) electrons. The molecule has 6 heteroatoms. The molecule has 2 atom stereocenters. The van der Waals surface area contributed by atoms with Crippen LogP contribution in [-0.4, -0.2) is 46.2 Å². The number of aromatic nitrogens is 2. The maximum Gasteiger partial charge on any atom is 0.227 e. The SMILES string of the molecule is C[C@@H]1CN(C(=O)CCc2nc(-c3ccccc3)no2)[C@@H](C)CO1. The van der Waals surface area contributed by atoms with Crippen molar-refractivity contribution in [2.24, 2.45) is 0 Å². The summed E-state index contributed by atoms with van der Waals surface area (Å²) in [5, 5.41) is 3.97. The Morgan fingerprint density at radius 2 is 2.09 bits per heavy atom. The maximum atomic E-state index is 12.4. The number of hydrogen-bond acceptors (Lipinski definition) is 5. The van der Waals surface area contributed by atoms with E-state index in [4.69, 9.17) is 9.26 Å². The number of amides is 1. The van der Waals surface area contributed by atoms with Crippen LogP contribution in [0, 0.1) is 0 Å². The van der Waals surface area contributed by atoms with Crippen LogP contribution in [0.3, 0.4) is 0 Å². The number of nitrogens with zero attached hydrogens (tertiary/aromatic N) is 3. The van der Waals surface area contributed by atoms with Crippen LogP contribution in [0.4, 0.5) is 0 Å². The highest BCUT2D eigenvalue weighted by Crippen LogP contribution is 2.17. The molecule has 0 aliphatic carbocycles.